The van der Waals surface area contributed by atoms with Crippen LogP contribution in [0, 0.1) is 13.8 Å². The number of aromatic nitrogens is 2. The minimum atomic E-state index is -3.71. The van der Waals surface area contributed by atoms with Gasteiger partial charge in [-0.05, 0) is 31.5 Å². The molecule has 0 bridgehead atoms. The highest BCUT2D eigenvalue weighted by molar-refractivity contribution is 7.92. The molecule has 12 heteroatoms. The van der Waals surface area contributed by atoms with Crippen molar-refractivity contribution < 1.29 is 16.8 Å². The summed E-state index contributed by atoms with van der Waals surface area (Å²) in [6.07, 6.45) is 0.242. The van der Waals surface area contributed by atoms with Crippen LogP contribution < -0.4 is 10.1 Å². The zero-order chi connectivity index (χ0) is 23.6. The van der Waals surface area contributed by atoms with Gasteiger partial charge in [-0.15, -0.1) is 10.2 Å². The Morgan fingerprint density at radius 3 is 2.12 bits per heavy atom. The van der Waals surface area contributed by atoms with Gasteiger partial charge in [-0.25, -0.2) is 16.8 Å². The van der Waals surface area contributed by atoms with E-state index in [1.807, 2.05) is 38.1 Å². The van der Waals surface area contributed by atoms with Crippen LogP contribution in [0.5, 0.6) is 0 Å². The van der Waals surface area contributed by atoms with Gasteiger partial charge in [-0.1, -0.05) is 58.9 Å². The normalized spacial score (nSPS) is 16.3. The molecule has 0 spiro atoms. The van der Waals surface area contributed by atoms with E-state index in [2.05, 4.69) is 25.4 Å². The third kappa shape index (κ3) is 5.95. The number of benzene rings is 2. The van der Waals surface area contributed by atoms with Crippen LogP contribution in [-0.2, 0) is 31.4 Å². The molecule has 9 nitrogen and oxygen atoms in total. The maximum atomic E-state index is 12.9. The van der Waals surface area contributed by atoms with E-state index in [9.17, 15) is 16.8 Å². The van der Waals surface area contributed by atoms with E-state index in [1.54, 1.807) is 24.3 Å². The molecule has 0 saturated carbocycles. The van der Waals surface area contributed by atoms with Crippen molar-refractivity contribution in [2.75, 3.05) is 4.72 Å². The third-order valence-corrected chi connectivity index (χ3v) is 9.32. The van der Waals surface area contributed by atoms with E-state index in [4.69, 9.17) is 0 Å². The molecule has 0 saturated heterocycles. The molecule has 4 rings (SSSR count). The van der Waals surface area contributed by atoms with Gasteiger partial charge in [0, 0.05) is 12.1 Å². The lowest BCUT2D eigenvalue weighted by molar-refractivity contribution is 0.566. The summed E-state index contributed by atoms with van der Waals surface area (Å²) >= 11 is 0.971. The predicted molar refractivity (Wildman–Crippen MR) is 129 cm³/mol. The monoisotopic (exact) mass is 505 g/mol. The zero-order valence-electron chi connectivity index (χ0n) is 18.0. The molecule has 2 N–H and O–H groups in total. The topological polar surface area (TPSA) is 130 Å². The number of hydrogen-bond donors (Lipinski definition) is 2. The maximum absolute atomic E-state index is 12.9. The van der Waals surface area contributed by atoms with Crippen molar-refractivity contribution in [1.29, 1.82) is 0 Å². The summed E-state index contributed by atoms with van der Waals surface area (Å²) in [6.45, 7) is 3.89. The van der Waals surface area contributed by atoms with Gasteiger partial charge in [0.25, 0.3) is 0 Å². The lowest BCUT2D eigenvalue weighted by Crippen LogP contribution is -2.31. The van der Waals surface area contributed by atoms with Crippen molar-refractivity contribution in [3.05, 3.63) is 75.2 Å². The van der Waals surface area contributed by atoms with Crippen LogP contribution in [0.4, 0.5) is 5.69 Å². The molecule has 0 radical (unpaired) electrons. The van der Waals surface area contributed by atoms with E-state index in [1.165, 1.54) is 0 Å². The second-order valence-electron chi connectivity index (χ2n) is 7.87. The average molecular weight is 506 g/mol. The standard InChI is InChI=1S/C21H23N5O4S3/c1-14-3-7-16(8-4-14)18-11-21(25-22-18)32(27,28)12-19-23-24-20(31-19)13-33(29,30)26-17-9-5-15(2)6-10-17/h3-10,21,25-26H,11-13H2,1-2H3. The average Bonchev–Trinajstić information content (AvgIpc) is 3.40. The molecule has 0 aliphatic carbocycles. The molecule has 33 heavy (non-hydrogen) atoms. The Kier molecular flexibility index (Phi) is 6.50. The molecule has 1 aromatic heterocycles. The van der Waals surface area contributed by atoms with Crippen LogP contribution in [0.1, 0.15) is 33.1 Å². The molecule has 3 aromatic rings. The first-order valence-electron chi connectivity index (χ1n) is 10.1. The summed E-state index contributed by atoms with van der Waals surface area (Å²) in [6, 6.07) is 14.7. The minimum Gasteiger partial charge on any atom is -0.291 e. The van der Waals surface area contributed by atoms with Gasteiger partial charge in [0.2, 0.25) is 10.0 Å². The van der Waals surface area contributed by atoms with E-state index in [0.29, 0.717) is 11.4 Å². The molecule has 0 amide bonds. The first-order valence-corrected chi connectivity index (χ1v) is 14.3. The lowest BCUT2D eigenvalue weighted by atomic mass is 10.1. The number of nitrogens with one attached hydrogen (secondary N) is 2. The fourth-order valence-corrected chi connectivity index (χ4v) is 7.27. The largest absolute Gasteiger partial charge is 0.291 e. The Bertz CT molecular complexity index is 1380. The molecule has 1 atom stereocenters. The molecular weight excluding hydrogens is 482 g/mol. The SMILES string of the molecule is Cc1ccc(NS(=O)(=O)Cc2nnc(CS(=O)(=O)C3CC(c4ccc(C)cc4)=NN3)s2)cc1. The molecular formula is C21H23N5O4S3. The minimum absolute atomic E-state index is 0.218. The number of hydrogen-bond acceptors (Lipinski definition) is 9. The zero-order valence-corrected chi connectivity index (χ0v) is 20.5. The van der Waals surface area contributed by atoms with Crippen molar-refractivity contribution in [2.45, 2.75) is 37.1 Å². The van der Waals surface area contributed by atoms with Gasteiger partial charge in [-0.3, -0.25) is 10.1 Å². The Labute approximate surface area is 196 Å². The fourth-order valence-electron chi connectivity index (χ4n) is 3.23. The summed E-state index contributed by atoms with van der Waals surface area (Å²) < 4.78 is 53.1. The van der Waals surface area contributed by atoms with Gasteiger partial charge in [0.05, 0.1) is 5.71 Å². The lowest BCUT2D eigenvalue weighted by Gasteiger charge is -2.10. The number of anilines is 1. The van der Waals surface area contributed by atoms with Crippen molar-refractivity contribution in [3.8, 4) is 0 Å². The number of hydrazone groups is 1. The Hall–Kier alpha value is -2.83. The number of sulfone groups is 1. The van der Waals surface area contributed by atoms with Crippen molar-refractivity contribution in [2.24, 2.45) is 5.10 Å². The number of nitrogens with zero attached hydrogens (tertiary/aromatic N) is 3. The second-order valence-corrected chi connectivity index (χ2v) is 12.9. The van der Waals surface area contributed by atoms with Crippen LogP contribution in [-0.4, -0.2) is 38.1 Å². The highest BCUT2D eigenvalue weighted by Gasteiger charge is 2.32. The van der Waals surface area contributed by atoms with E-state index in [0.717, 1.165) is 28.0 Å². The predicted octanol–water partition coefficient (Wildman–Crippen LogP) is 2.74. The van der Waals surface area contributed by atoms with Gasteiger partial charge in [-0.2, -0.15) is 5.10 Å². The maximum Gasteiger partial charge on any atom is 0.239 e. The molecule has 1 unspecified atom stereocenters. The van der Waals surface area contributed by atoms with Gasteiger partial charge in [0.15, 0.2) is 15.2 Å². The molecule has 2 aromatic carbocycles. The first kappa shape index (κ1) is 23.3. The smallest absolute Gasteiger partial charge is 0.239 e. The van der Waals surface area contributed by atoms with Crippen LogP contribution >= 0.6 is 11.3 Å². The summed E-state index contributed by atoms with van der Waals surface area (Å²) in [5, 5.41) is 11.5. The summed E-state index contributed by atoms with van der Waals surface area (Å²) in [5.74, 6) is -0.731. The van der Waals surface area contributed by atoms with Gasteiger partial charge >= 0.3 is 0 Å². The molecule has 1 aliphatic heterocycles. The summed E-state index contributed by atoms with van der Waals surface area (Å²) in [5.41, 5.74) is 6.83. The van der Waals surface area contributed by atoms with Crippen LogP contribution in [0.3, 0.4) is 0 Å². The molecule has 1 aliphatic rings. The molecule has 0 fully saturated rings. The summed E-state index contributed by atoms with van der Waals surface area (Å²) in [4.78, 5) is 0. The van der Waals surface area contributed by atoms with Crippen LogP contribution in [0.25, 0.3) is 0 Å². The Balaban J connectivity index is 1.37. The van der Waals surface area contributed by atoms with E-state index < -0.39 is 25.2 Å². The number of rotatable bonds is 8. The Morgan fingerprint density at radius 1 is 0.909 bits per heavy atom. The first-order chi connectivity index (χ1) is 15.6. The van der Waals surface area contributed by atoms with Crippen LogP contribution in [0.15, 0.2) is 53.6 Å². The van der Waals surface area contributed by atoms with Crippen molar-refractivity contribution in [1.82, 2.24) is 15.6 Å². The quantitative estimate of drug-likeness (QED) is 0.481. The van der Waals surface area contributed by atoms with Crippen molar-refractivity contribution >= 4 is 42.6 Å². The number of aryl methyl sites for hydroxylation is 2. The number of sulfonamides is 1. The molecule has 2 heterocycles. The van der Waals surface area contributed by atoms with Crippen LogP contribution in [0.2, 0.25) is 0 Å². The highest BCUT2D eigenvalue weighted by Crippen LogP contribution is 2.22. The third-order valence-electron chi connectivity index (χ3n) is 5.01. The Morgan fingerprint density at radius 2 is 1.48 bits per heavy atom. The second kappa shape index (κ2) is 9.20. The fraction of sp³-hybridized carbons (Fsp3) is 0.286. The van der Waals surface area contributed by atoms with E-state index in [-0.39, 0.29) is 27.9 Å². The highest BCUT2D eigenvalue weighted by atomic mass is 32.2. The summed E-state index contributed by atoms with van der Waals surface area (Å²) in [7, 11) is -7.34. The van der Waals surface area contributed by atoms with Gasteiger partial charge < -0.3 is 0 Å². The van der Waals surface area contributed by atoms with Crippen molar-refractivity contribution in [3.63, 3.8) is 0 Å². The van der Waals surface area contributed by atoms with Gasteiger partial charge in [0.1, 0.15) is 21.5 Å². The van der Waals surface area contributed by atoms with E-state index >= 15 is 0 Å². The molecule has 174 valence electrons.